The summed E-state index contributed by atoms with van der Waals surface area (Å²) in [6.45, 7) is -0.594. The molecule has 25 heteroatoms. The number of nitrogens with one attached hydrogen (secondary N) is 2. The van der Waals surface area contributed by atoms with E-state index < -0.39 is 104 Å². The van der Waals surface area contributed by atoms with Crippen LogP contribution in [-0.2, 0) is 65.4 Å². The zero-order valence-corrected chi connectivity index (χ0v) is 36.9. The predicted octanol–water partition coefficient (Wildman–Crippen LogP) is -0.694. The minimum absolute atomic E-state index is 0. The summed E-state index contributed by atoms with van der Waals surface area (Å²) >= 11 is 0. The van der Waals surface area contributed by atoms with E-state index in [1.165, 1.54) is 25.0 Å². The topological polar surface area (TPSA) is 386 Å². The number of nitrogens with zero attached hydrogens (tertiary/aromatic N) is 2. The minimum Gasteiger partial charge on any atom is -0.481 e. The summed E-state index contributed by atoms with van der Waals surface area (Å²) in [7, 11) is 2.44. The number of benzene rings is 2. The summed E-state index contributed by atoms with van der Waals surface area (Å²) in [4.78, 5) is 88.4. The minimum atomic E-state index is -1.58. The molecule has 0 radical (unpaired) electrons. The highest BCUT2D eigenvalue weighted by Crippen LogP contribution is 2.33. The number of aldehydes is 1. The number of rotatable bonds is 20. The number of carbonyl (C=O) groups is 8. The lowest BCUT2D eigenvalue weighted by Gasteiger charge is -2.40. The van der Waals surface area contributed by atoms with Crippen LogP contribution in [0.4, 0.5) is 0 Å². The number of aliphatic hydroxyl groups excluding tert-OH is 4. The van der Waals surface area contributed by atoms with Gasteiger partial charge in [0.15, 0.2) is 6.23 Å². The maximum absolute atomic E-state index is 12.5. The van der Waals surface area contributed by atoms with Crippen LogP contribution in [0.15, 0.2) is 60.9 Å². The van der Waals surface area contributed by atoms with Crippen LogP contribution in [-0.4, -0.2) is 161 Å². The number of carboxylic acid groups (broad SMARTS) is 4. The Morgan fingerprint density at radius 1 is 0.776 bits per heavy atom. The van der Waals surface area contributed by atoms with Crippen LogP contribution < -0.4 is 16.5 Å². The van der Waals surface area contributed by atoms with Crippen molar-refractivity contribution in [1.82, 2.24) is 14.6 Å². The molecule has 12 N–H and O–H groups in total. The number of methoxy groups -OCH3 is 2. The van der Waals surface area contributed by atoms with E-state index in [4.69, 9.17) is 25.8 Å². The molecule has 1 aliphatic rings. The van der Waals surface area contributed by atoms with E-state index in [0.717, 1.165) is 10.9 Å². The Morgan fingerprint density at radius 3 is 1.88 bits per heavy atom. The van der Waals surface area contributed by atoms with Gasteiger partial charge in [-0.25, -0.2) is 4.79 Å². The van der Waals surface area contributed by atoms with Gasteiger partial charge in [-0.05, 0) is 36.1 Å². The Bertz CT molecular complexity index is 2330. The van der Waals surface area contributed by atoms with E-state index in [9.17, 15) is 63.9 Å². The molecule has 0 bridgehead atoms. The Morgan fingerprint density at radius 2 is 1.34 bits per heavy atom. The zero-order chi connectivity index (χ0) is 49.2. The van der Waals surface area contributed by atoms with Crippen molar-refractivity contribution in [2.24, 2.45) is 5.73 Å². The van der Waals surface area contributed by atoms with Gasteiger partial charge in [0.1, 0.15) is 42.8 Å². The van der Waals surface area contributed by atoms with E-state index in [2.05, 4.69) is 20.2 Å². The van der Waals surface area contributed by atoms with E-state index in [1.54, 1.807) is 59.4 Å². The van der Waals surface area contributed by atoms with E-state index in [0.29, 0.717) is 28.3 Å². The Hall–Kier alpha value is -6.67. The molecule has 0 aliphatic carbocycles. The average Bonchev–Trinajstić information content (AvgIpc) is 3.82. The number of hydrogen-bond donors (Lipinski definition) is 11. The first-order chi connectivity index (χ1) is 31.3. The van der Waals surface area contributed by atoms with Gasteiger partial charge in [-0.1, -0.05) is 36.4 Å². The number of nitrogens with two attached hydrogens (primary N) is 1. The summed E-state index contributed by atoms with van der Waals surface area (Å²) in [5.74, 6) is -6.24. The third kappa shape index (κ3) is 16.3. The molecule has 1 fully saturated rings. The highest BCUT2D eigenvalue weighted by molar-refractivity contribution is 5.91. The first-order valence-electron chi connectivity index (χ1n) is 20.0. The molecule has 24 nitrogen and oxygen atoms in total. The number of amides is 1. The van der Waals surface area contributed by atoms with Gasteiger partial charge in [0, 0.05) is 36.0 Å². The molecule has 2 aromatic carbocycles. The predicted molar refractivity (Wildman–Crippen MR) is 234 cm³/mol. The number of para-hydroxylation sites is 2. The molecule has 2 aromatic heterocycles. The first kappa shape index (κ1) is 56.5. The third-order valence-corrected chi connectivity index (χ3v) is 9.99. The molecule has 0 saturated carbocycles. The second-order valence-electron chi connectivity index (χ2n) is 14.7. The number of ether oxygens (including phenoxy) is 3. The summed E-state index contributed by atoms with van der Waals surface area (Å²) < 4.78 is 17.2. The van der Waals surface area contributed by atoms with Crippen molar-refractivity contribution in [2.45, 2.75) is 93.7 Å². The van der Waals surface area contributed by atoms with Gasteiger partial charge in [0.2, 0.25) is 5.91 Å². The molecule has 4 aromatic rings. The van der Waals surface area contributed by atoms with Crippen LogP contribution in [0.25, 0.3) is 21.8 Å². The number of aliphatic hydroxyl groups is 4. The third-order valence-electron chi connectivity index (χ3n) is 9.99. The van der Waals surface area contributed by atoms with Crippen LogP contribution in [0.2, 0.25) is 0 Å². The van der Waals surface area contributed by atoms with Crippen molar-refractivity contribution in [2.75, 3.05) is 26.3 Å². The maximum Gasteiger partial charge on any atom is 0.326 e. The fourth-order valence-electron chi connectivity index (χ4n) is 6.66. The van der Waals surface area contributed by atoms with Crippen molar-refractivity contribution in [1.29, 1.82) is 0 Å². The van der Waals surface area contributed by atoms with Crippen LogP contribution in [0.3, 0.4) is 0 Å². The van der Waals surface area contributed by atoms with Crippen molar-refractivity contribution in [3.05, 3.63) is 72.1 Å². The molecule has 3 heterocycles. The van der Waals surface area contributed by atoms with Crippen LogP contribution in [0.5, 0.6) is 0 Å². The molecule has 8 atom stereocenters. The Balaban J connectivity index is 0.000000390. The second kappa shape index (κ2) is 27.1. The molecule has 1 unspecified atom stereocenters. The molecule has 368 valence electrons. The number of hydrogen-bond acceptors (Lipinski definition) is 17. The van der Waals surface area contributed by atoms with E-state index in [1.807, 2.05) is 0 Å². The lowest BCUT2D eigenvalue weighted by atomic mass is 9.98. The fraction of sp³-hybridized carbons (Fsp3) is 0.429. The molecule has 1 saturated heterocycles. The standard InChI is InChI=1S/C21H26N2O10.C15H16N2O5.C6H11NO4.ClH/c24-9-14-17(28)18(29)19(30)20(33-14)23-8-10(11-3-1-2-4-13(11)23)7-15(25)22-12(21(31)32)5-6-16(26)27;18-9-11(5-6-14(19)20)16-17-8-10(7-15(21)22)12-3-1-2-4-13(12)17;1-10-5(8)3-4(7)6(9)11-2;/h1-4,8,12,14,17-20,24,28-30H,5-7,9H2,(H,22,25)(H,26,27)(H,31,32);1-4,8-9,11,16H,5-7H2,(H,19,20)(H,21,22);4H,3,7H2,1-2H3;1H/t12-,14-,17-,18+,19-,20-;11-;;/m10../s1. The lowest BCUT2D eigenvalue weighted by Crippen LogP contribution is -2.56. The number of aliphatic carboxylic acids is 4. The van der Waals surface area contributed by atoms with E-state index >= 15 is 0 Å². The van der Waals surface area contributed by atoms with Crippen molar-refractivity contribution in [3.8, 4) is 0 Å². The molecular weight excluding hydrogens is 914 g/mol. The average molecular weight is 968 g/mol. The SMILES string of the molecule is COC(=O)CC(N)C(=O)OC.Cl.O=C(O)CC[C@@H](NC(=O)Cc1cn([C@@H]2O[C@H](CO)[C@@H](O)[C@H](O)[C@H]2O)c2ccccc12)C(=O)O.O=C[C@H](CCC(=O)O)Nn1cc(CC(=O)O)c2ccccc21. The van der Waals surface area contributed by atoms with Gasteiger partial charge in [-0.15, -0.1) is 12.4 Å². The number of esters is 2. The van der Waals surface area contributed by atoms with Crippen LogP contribution in [0.1, 0.15) is 49.5 Å². The number of carbonyl (C=O) groups excluding carboxylic acids is 4. The first-order valence-corrected chi connectivity index (χ1v) is 20.0. The molecule has 1 aliphatic heterocycles. The summed E-state index contributed by atoms with van der Waals surface area (Å²) in [6, 6.07) is 11.1. The number of aromatic nitrogens is 2. The normalized spacial score (nSPS) is 18.8. The van der Waals surface area contributed by atoms with Crippen molar-refractivity contribution in [3.63, 3.8) is 0 Å². The largest absolute Gasteiger partial charge is 0.481 e. The Kier molecular flexibility index (Phi) is 22.8. The number of halogens is 1. The van der Waals surface area contributed by atoms with Crippen LogP contribution >= 0.6 is 12.4 Å². The molecular formula is C42H54ClN5O19. The molecule has 1 amide bonds. The highest BCUT2D eigenvalue weighted by atomic mass is 35.5. The smallest absolute Gasteiger partial charge is 0.326 e. The van der Waals surface area contributed by atoms with Crippen molar-refractivity contribution >= 4 is 82.2 Å². The highest BCUT2D eigenvalue weighted by Gasteiger charge is 2.44. The van der Waals surface area contributed by atoms with Gasteiger partial charge < -0.3 is 80.9 Å². The molecule has 67 heavy (non-hydrogen) atoms. The lowest BCUT2D eigenvalue weighted by molar-refractivity contribution is -0.250. The quantitative estimate of drug-likeness (QED) is 0.0385. The summed E-state index contributed by atoms with van der Waals surface area (Å²) in [5.41, 5.74) is 10.5. The number of fused-ring (bicyclic) bond motifs is 2. The van der Waals surface area contributed by atoms with Gasteiger partial charge >= 0.3 is 35.8 Å². The zero-order valence-electron chi connectivity index (χ0n) is 36.1. The van der Waals surface area contributed by atoms with E-state index in [-0.39, 0.29) is 50.9 Å². The summed E-state index contributed by atoms with van der Waals surface area (Å²) in [5, 5.41) is 79.4. The molecule has 5 rings (SSSR count). The van der Waals surface area contributed by atoms with Gasteiger partial charge in [0.25, 0.3) is 0 Å². The summed E-state index contributed by atoms with van der Waals surface area (Å²) in [6.07, 6.45) is -4.36. The number of carboxylic acids is 4. The monoisotopic (exact) mass is 967 g/mol. The van der Waals surface area contributed by atoms with Gasteiger partial charge in [0.05, 0.1) is 57.2 Å². The van der Waals surface area contributed by atoms with Gasteiger partial charge in [-0.3, -0.25) is 33.4 Å². The second-order valence-corrected chi connectivity index (χ2v) is 14.7. The molecule has 0 spiro atoms. The fourth-order valence-corrected chi connectivity index (χ4v) is 6.66. The van der Waals surface area contributed by atoms with Gasteiger partial charge in [-0.2, -0.15) is 0 Å². The van der Waals surface area contributed by atoms with Crippen LogP contribution in [0, 0.1) is 0 Å². The van der Waals surface area contributed by atoms with Crippen molar-refractivity contribution < 1.29 is 93.4 Å². The Labute approximate surface area is 387 Å². The maximum atomic E-state index is 12.5.